The minimum absolute atomic E-state index is 0.266. The number of esters is 1. The van der Waals surface area contributed by atoms with Crippen LogP contribution in [0, 0.1) is 0 Å². The zero-order valence-corrected chi connectivity index (χ0v) is 25.0. The van der Waals surface area contributed by atoms with Crippen molar-refractivity contribution in [3.05, 3.63) is 95.1 Å². The van der Waals surface area contributed by atoms with E-state index in [1.807, 2.05) is 75.4 Å². The average Bonchev–Trinajstić information content (AvgIpc) is 3.29. The Kier molecular flexibility index (Phi) is 9.68. The third kappa shape index (κ3) is 7.57. The highest BCUT2D eigenvalue weighted by Crippen LogP contribution is 2.38. The number of hydrogen-bond acceptors (Lipinski definition) is 6. The summed E-state index contributed by atoms with van der Waals surface area (Å²) in [5, 5.41) is 6.36. The SMILES string of the molecule is CCCCN(Cc1ccc(NC(=C2C(=O)Nc3cc(C(=O)OCC)ccc32)c2ccccc2)cc1)C(=O)OC(C)(C)C. The van der Waals surface area contributed by atoms with Crippen LogP contribution >= 0.6 is 0 Å². The molecule has 4 rings (SSSR count). The Balaban J connectivity index is 1.63. The van der Waals surface area contributed by atoms with Crippen molar-refractivity contribution >= 4 is 40.6 Å². The molecule has 0 aliphatic carbocycles. The molecule has 0 atom stereocenters. The second-order valence-corrected chi connectivity index (χ2v) is 11.1. The van der Waals surface area contributed by atoms with Crippen LogP contribution in [-0.4, -0.2) is 41.6 Å². The summed E-state index contributed by atoms with van der Waals surface area (Å²) in [5.41, 5.74) is 4.76. The van der Waals surface area contributed by atoms with Crippen LogP contribution < -0.4 is 10.6 Å². The summed E-state index contributed by atoms with van der Waals surface area (Å²) in [5.74, 6) is -0.702. The summed E-state index contributed by atoms with van der Waals surface area (Å²) in [6, 6.07) is 22.5. The third-order valence-electron chi connectivity index (χ3n) is 6.62. The topological polar surface area (TPSA) is 97.0 Å². The molecule has 220 valence electrons. The van der Waals surface area contributed by atoms with Gasteiger partial charge in [0.25, 0.3) is 5.91 Å². The lowest BCUT2D eigenvalue weighted by Gasteiger charge is -2.27. The molecule has 0 bridgehead atoms. The Morgan fingerprint density at radius 3 is 2.29 bits per heavy atom. The smallest absolute Gasteiger partial charge is 0.410 e. The number of amides is 2. The van der Waals surface area contributed by atoms with E-state index in [-0.39, 0.29) is 18.6 Å². The van der Waals surface area contributed by atoms with Crippen molar-refractivity contribution in [1.82, 2.24) is 4.90 Å². The number of nitrogens with one attached hydrogen (secondary N) is 2. The van der Waals surface area contributed by atoms with Crippen LogP contribution in [0.25, 0.3) is 11.3 Å². The van der Waals surface area contributed by atoms with Crippen LogP contribution in [0.15, 0.2) is 72.8 Å². The highest BCUT2D eigenvalue weighted by atomic mass is 16.6. The number of carbonyl (C=O) groups excluding carboxylic acids is 3. The fourth-order valence-corrected chi connectivity index (χ4v) is 4.61. The number of hydrogen-bond donors (Lipinski definition) is 2. The van der Waals surface area contributed by atoms with Crippen molar-refractivity contribution < 1.29 is 23.9 Å². The average molecular weight is 570 g/mol. The van der Waals surface area contributed by atoms with Crippen LogP contribution in [0.2, 0.25) is 0 Å². The molecule has 8 heteroatoms. The van der Waals surface area contributed by atoms with E-state index >= 15 is 0 Å². The lowest BCUT2D eigenvalue weighted by atomic mass is 9.99. The molecule has 1 heterocycles. The van der Waals surface area contributed by atoms with Gasteiger partial charge in [-0.3, -0.25) is 4.79 Å². The Morgan fingerprint density at radius 1 is 0.929 bits per heavy atom. The summed E-state index contributed by atoms with van der Waals surface area (Å²) in [7, 11) is 0. The number of anilines is 2. The van der Waals surface area contributed by atoms with Gasteiger partial charge in [0.1, 0.15) is 5.60 Å². The summed E-state index contributed by atoms with van der Waals surface area (Å²) in [6.45, 7) is 10.8. The standard InChI is InChI=1S/C34H39N3O5/c1-6-8-20-37(33(40)42-34(3,4)5)22-23-14-17-26(18-15-23)35-30(24-12-10-9-11-13-24)29-27-19-16-25(32(39)41-7-2)21-28(27)36-31(29)38/h9-19,21,35H,6-8,20,22H2,1-5H3,(H,36,38). The molecule has 2 amide bonds. The molecule has 1 aliphatic rings. The van der Waals surface area contributed by atoms with E-state index < -0.39 is 11.6 Å². The van der Waals surface area contributed by atoms with E-state index in [2.05, 4.69) is 17.6 Å². The molecule has 0 saturated carbocycles. The first-order valence-electron chi connectivity index (χ1n) is 14.4. The maximum Gasteiger partial charge on any atom is 0.410 e. The van der Waals surface area contributed by atoms with Crippen LogP contribution in [-0.2, 0) is 20.8 Å². The summed E-state index contributed by atoms with van der Waals surface area (Å²) < 4.78 is 10.7. The van der Waals surface area contributed by atoms with Crippen molar-refractivity contribution in [3.63, 3.8) is 0 Å². The van der Waals surface area contributed by atoms with Crippen LogP contribution in [0.3, 0.4) is 0 Å². The Labute approximate surface area is 247 Å². The largest absolute Gasteiger partial charge is 0.462 e. The molecule has 3 aromatic carbocycles. The Hall–Kier alpha value is -4.59. The van der Waals surface area contributed by atoms with Gasteiger partial charge in [-0.05, 0) is 69.5 Å². The molecule has 8 nitrogen and oxygen atoms in total. The van der Waals surface area contributed by atoms with Crippen molar-refractivity contribution in [3.8, 4) is 0 Å². The molecule has 0 radical (unpaired) electrons. The van der Waals surface area contributed by atoms with Crippen molar-refractivity contribution in [2.75, 3.05) is 23.8 Å². The Bertz CT molecular complexity index is 1460. The van der Waals surface area contributed by atoms with Crippen molar-refractivity contribution in [2.45, 2.75) is 59.6 Å². The monoisotopic (exact) mass is 569 g/mol. The van der Waals surface area contributed by atoms with Gasteiger partial charge in [-0.15, -0.1) is 0 Å². The first-order chi connectivity index (χ1) is 20.1. The van der Waals surface area contributed by atoms with Gasteiger partial charge in [0, 0.05) is 24.3 Å². The van der Waals surface area contributed by atoms with Gasteiger partial charge in [-0.25, -0.2) is 9.59 Å². The summed E-state index contributed by atoms with van der Waals surface area (Å²) in [4.78, 5) is 40.1. The summed E-state index contributed by atoms with van der Waals surface area (Å²) >= 11 is 0. The minimum atomic E-state index is -0.567. The second kappa shape index (κ2) is 13.4. The van der Waals surface area contributed by atoms with Gasteiger partial charge >= 0.3 is 12.1 Å². The van der Waals surface area contributed by atoms with Gasteiger partial charge in [-0.2, -0.15) is 0 Å². The molecule has 42 heavy (non-hydrogen) atoms. The lowest BCUT2D eigenvalue weighted by Crippen LogP contribution is -2.37. The quantitative estimate of drug-likeness (QED) is 0.196. The number of nitrogens with zero attached hydrogens (tertiary/aromatic N) is 1. The molecule has 0 fully saturated rings. The number of fused-ring (bicyclic) bond motifs is 1. The van der Waals surface area contributed by atoms with Crippen LogP contribution in [0.5, 0.6) is 0 Å². The molecule has 0 aromatic heterocycles. The predicted molar refractivity (Wildman–Crippen MR) is 166 cm³/mol. The van der Waals surface area contributed by atoms with Gasteiger partial charge in [-0.1, -0.05) is 61.9 Å². The normalized spacial score (nSPS) is 13.6. The number of benzene rings is 3. The minimum Gasteiger partial charge on any atom is -0.462 e. The molecule has 0 unspecified atom stereocenters. The van der Waals surface area contributed by atoms with Crippen LogP contribution in [0.1, 0.15) is 74.5 Å². The molecule has 3 aromatic rings. The number of rotatable bonds is 10. The molecular weight excluding hydrogens is 530 g/mol. The lowest BCUT2D eigenvalue weighted by molar-refractivity contribution is -0.110. The maximum absolute atomic E-state index is 13.3. The molecule has 0 spiro atoms. The van der Waals surface area contributed by atoms with E-state index in [4.69, 9.17) is 9.47 Å². The van der Waals surface area contributed by atoms with E-state index in [1.165, 1.54) is 0 Å². The van der Waals surface area contributed by atoms with Crippen LogP contribution in [0.4, 0.5) is 16.2 Å². The van der Waals surface area contributed by atoms with Crippen molar-refractivity contribution in [2.24, 2.45) is 0 Å². The highest BCUT2D eigenvalue weighted by Gasteiger charge is 2.29. The van der Waals surface area contributed by atoms with E-state index in [0.717, 1.165) is 29.7 Å². The number of unbranched alkanes of at least 4 members (excludes halogenated alkanes) is 1. The van der Waals surface area contributed by atoms with Gasteiger partial charge < -0.3 is 25.0 Å². The number of carbonyl (C=O) groups is 3. The van der Waals surface area contributed by atoms with Crippen molar-refractivity contribution in [1.29, 1.82) is 0 Å². The van der Waals surface area contributed by atoms with Gasteiger partial charge in [0.15, 0.2) is 0 Å². The summed E-state index contributed by atoms with van der Waals surface area (Å²) in [6.07, 6.45) is 1.53. The third-order valence-corrected chi connectivity index (χ3v) is 6.62. The van der Waals surface area contributed by atoms with E-state index in [9.17, 15) is 14.4 Å². The fourth-order valence-electron chi connectivity index (χ4n) is 4.61. The van der Waals surface area contributed by atoms with Gasteiger partial charge in [0.05, 0.1) is 29.1 Å². The first kappa shape index (κ1) is 30.4. The van der Waals surface area contributed by atoms with Gasteiger partial charge in [0.2, 0.25) is 0 Å². The zero-order valence-electron chi connectivity index (χ0n) is 25.0. The van der Waals surface area contributed by atoms with E-state index in [1.54, 1.807) is 30.0 Å². The Morgan fingerprint density at radius 2 is 1.64 bits per heavy atom. The predicted octanol–water partition coefficient (Wildman–Crippen LogP) is 7.33. The highest BCUT2D eigenvalue weighted by molar-refractivity contribution is 6.37. The molecule has 1 aliphatic heterocycles. The zero-order chi connectivity index (χ0) is 30.3. The van der Waals surface area contributed by atoms with E-state index in [0.29, 0.717) is 41.2 Å². The molecule has 2 N–H and O–H groups in total. The fraction of sp³-hybridized carbons (Fsp3) is 0.324. The molecular formula is C34H39N3O5. The first-order valence-corrected chi connectivity index (χ1v) is 14.4. The number of ether oxygens (including phenoxy) is 2. The maximum atomic E-state index is 13.3. The second-order valence-electron chi connectivity index (χ2n) is 11.1. The molecule has 0 saturated heterocycles.